The van der Waals surface area contributed by atoms with Crippen molar-refractivity contribution in [2.24, 2.45) is 5.92 Å². The highest BCUT2D eigenvalue weighted by Crippen LogP contribution is 2.20. The molecule has 0 bridgehead atoms. The van der Waals surface area contributed by atoms with Crippen LogP contribution in [0.1, 0.15) is 77.0 Å². The van der Waals surface area contributed by atoms with Crippen molar-refractivity contribution in [1.29, 1.82) is 0 Å². The van der Waals surface area contributed by atoms with Crippen molar-refractivity contribution in [3.05, 3.63) is 0 Å². The summed E-state index contributed by atoms with van der Waals surface area (Å²) >= 11 is 0. The molecule has 2 heteroatoms. The lowest BCUT2D eigenvalue weighted by molar-refractivity contribution is -0.125. The summed E-state index contributed by atoms with van der Waals surface area (Å²) in [4.78, 5) is 11.7. The van der Waals surface area contributed by atoms with Crippen molar-refractivity contribution >= 4 is 5.91 Å². The van der Waals surface area contributed by atoms with Crippen molar-refractivity contribution in [2.75, 3.05) is 7.05 Å². The fourth-order valence-corrected chi connectivity index (χ4v) is 2.81. The molecule has 1 N–H and O–H groups in total. The second-order valence-electron chi connectivity index (χ2n) is 5.42. The minimum atomic E-state index is 0.264. The molecular weight excluding hydrogens is 210 g/mol. The number of rotatable bonds is 1. The summed E-state index contributed by atoms with van der Waals surface area (Å²) < 4.78 is 0. The highest BCUT2D eigenvalue weighted by atomic mass is 16.1. The van der Waals surface area contributed by atoms with Crippen LogP contribution < -0.4 is 5.32 Å². The van der Waals surface area contributed by atoms with Gasteiger partial charge in [-0.1, -0.05) is 64.2 Å². The maximum absolute atomic E-state index is 11.7. The summed E-state index contributed by atoms with van der Waals surface area (Å²) in [6.45, 7) is 0. The van der Waals surface area contributed by atoms with Gasteiger partial charge in [-0.25, -0.2) is 0 Å². The molecule has 1 rings (SSSR count). The summed E-state index contributed by atoms with van der Waals surface area (Å²) in [6, 6.07) is 0. The van der Waals surface area contributed by atoms with E-state index in [9.17, 15) is 4.79 Å². The molecule has 0 aliphatic heterocycles. The van der Waals surface area contributed by atoms with E-state index in [4.69, 9.17) is 0 Å². The van der Waals surface area contributed by atoms with E-state index >= 15 is 0 Å². The molecule has 0 aromatic carbocycles. The fraction of sp³-hybridized carbons (Fsp3) is 0.933. The van der Waals surface area contributed by atoms with Crippen molar-refractivity contribution in [3.63, 3.8) is 0 Å². The molecule has 1 amide bonds. The highest BCUT2D eigenvalue weighted by molar-refractivity contribution is 5.78. The zero-order valence-corrected chi connectivity index (χ0v) is 11.5. The Morgan fingerprint density at radius 1 is 0.765 bits per heavy atom. The lowest BCUT2D eigenvalue weighted by Crippen LogP contribution is -2.27. The Bertz CT molecular complexity index is 189. The molecule has 0 aromatic heterocycles. The van der Waals surface area contributed by atoms with Crippen molar-refractivity contribution < 1.29 is 4.79 Å². The lowest BCUT2D eigenvalue weighted by atomic mass is 9.94. The van der Waals surface area contributed by atoms with E-state index in [0.717, 1.165) is 12.8 Å². The van der Waals surface area contributed by atoms with Gasteiger partial charge in [0, 0.05) is 13.0 Å². The second kappa shape index (κ2) is 9.49. The summed E-state index contributed by atoms with van der Waals surface area (Å²) in [6.07, 6.45) is 15.6. The standard InChI is InChI=1S/C15H29NO/c1-16-15(17)14-12-10-8-6-4-2-3-5-7-9-11-13-14/h14H,2-13H2,1H3,(H,16,17). The van der Waals surface area contributed by atoms with Crippen LogP contribution in [0.3, 0.4) is 0 Å². The van der Waals surface area contributed by atoms with Crippen LogP contribution >= 0.6 is 0 Å². The normalized spacial score (nSPS) is 21.9. The zero-order valence-electron chi connectivity index (χ0n) is 11.5. The van der Waals surface area contributed by atoms with Gasteiger partial charge in [-0.05, 0) is 12.8 Å². The van der Waals surface area contributed by atoms with E-state index in [1.165, 1.54) is 64.2 Å². The molecule has 1 aliphatic rings. The average molecular weight is 239 g/mol. The van der Waals surface area contributed by atoms with Gasteiger partial charge in [0.25, 0.3) is 0 Å². The van der Waals surface area contributed by atoms with Gasteiger partial charge in [0.2, 0.25) is 5.91 Å². The summed E-state index contributed by atoms with van der Waals surface area (Å²) in [7, 11) is 1.77. The highest BCUT2D eigenvalue weighted by Gasteiger charge is 2.16. The molecule has 1 fully saturated rings. The van der Waals surface area contributed by atoms with Crippen LogP contribution in [0.25, 0.3) is 0 Å². The molecule has 0 saturated heterocycles. The first-order valence-corrected chi connectivity index (χ1v) is 7.56. The first kappa shape index (κ1) is 14.5. The van der Waals surface area contributed by atoms with Gasteiger partial charge in [0.05, 0.1) is 0 Å². The molecule has 100 valence electrons. The van der Waals surface area contributed by atoms with Crippen LogP contribution in [-0.4, -0.2) is 13.0 Å². The third-order valence-corrected chi connectivity index (χ3v) is 3.97. The predicted octanol–water partition coefficient (Wildman–Crippen LogP) is 4.04. The maximum Gasteiger partial charge on any atom is 0.222 e. The summed E-state index contributed by atoms with van der Waals surface area (Å²) in [5.41, 5.74) is 0. The SMILES string of the molecule is CNC(=O)C1CCCCCCCCCCCC1. The molecule has 2 nitrogen and oxygen atoms in total. The third kappa shape index (κ3) is 6.70. The van der Waals surface area contributed by atoms with Crippen LogP contribution in [-0.2, 0) is 4.79 Å². The predicted molar refractivity (Wildman–Crippen MR) is 73.0 cm³/mol. The monoisotopic (exact) mass is 239 g/mol. The van der Waals surface area contributed by atoms with Crippen molar-refractivity contribution in [1.82, 2.24) is 5.32 Å². The fourth-order valence-electron chi connectivity index (χ4n) is 2.81. The quantitative estimate of drug-likeness (QED) is 0.735. The Morgan fingerprint density at radius 2 is 1.12 bits per heavy atom. The van der Waals surface area contributed by atoms with Gasteiger partial charge in [-0.3, -0.25) is 4.79 Å². The van der Waals surface area contributed by atoms with Crippen LogP contribution in [0.2, 0.25) is 0 Å². The zero-order chi connectivity index (χ0) is 12.3. The number of nitrogens with one attached hydrogen (secondary N) is 1. The average Bonchev–Trinajstić information content (AvgIpc) is 2.38. The minimum Gasteiger partial charge on any atom is -0.359 e. The lowest BCUT2D eigenvalue weighted by Gasteiger charge is -2.14. The summed E-state index contributed by atoms with van der Waals surface area (Å²) in [5, 5.41) is 2.82. The molecular formula is C15H29NO. The Morgan fingerprint density at radius 3 is 1.47 bits per heavy atom. The molecule has 0 unspecified atom stereocenters. The third-order valence-electron chi connectivity index (χ3n) is 3.97. The maximum atomic E-state index is 11.7. The largest absolute Gasteiger partial charge is 0.359 e. The molecule has 0 radical (unpaired) electrons. The number of carbonyl (C=O) groups is 1. The van der Waals surface area contributed by atoms with E-state index in [1.54, 1.807) is 7.05 Å². The molecule has 0 heterocycles. The minimum absolute atomic E-state index is 0.264. The molecule has 1 saturated carbocycles. The van der Waals surface area contributed by atoms with Gasteiger partial charge >= 0.3 is 0 Å². The van der Waals surface area contributed by atoms with Crippen LogP contribution in [0.5, 0.6) is 0 Å². The van der Waals surface area contributed by atoms with Gasteiger partial charge in [-0.15, -0.1) is 0 Å². The first-order valence-electron chi connectivity index (χ1n) is 7.56. The van der Waals surface area contributed by atoms with Crippen molar-refractivity contribution in [3.8, 4) is 0 Å². The Balaban J connectivity index is 2.33. The Kier molecular flexibility index (Phi) is 8.12. The van der Waals surface area contributed by atoms with Gasteiger partial charge in [-0.2, -0.15) is 0 Å². The van der Waals surface area contributed by atoms with Gasteiger partial charge in [0.15, 0.2) is 0 Å². The van der Waals surface area contributed by atoms with Crippen molar-refractivity contribution in [2.45, 2.75) is 77.0 Å². The number of amides is 1. The Labute approximate surface area is 107 Å². The molecule has 0 spiro atoms. The van der Waals surface area contributed by atoms with E-state index in [0.29, 0.717) is 0 Å². The molecule has 17 heavy (non-hydrogen) atoms. The number of hydrogen-bond donors (Lipinski definition) is 1. The van der Waals surface area contributed by atoms with Gasteiger partial charge in [0.1, 0.15) is 0 Å². The smallest absolute Gasteiger partial charge is 0.222 e. The van der Waals surface area contributed by atoms with Crippen LogP contribution in [0, 0.1) is 5.92 Å². The van der Waals surface area contributed by atoms with E-state index in [2.05, 4.69) is 5.32 Å². The number of hydrogen-bond acceptors (Lipinski definition) is 1. The van der Waals surface area contributed by atoms with Crippen LogP contribution in [0.15, 0.2) is 0 Å². The van der Waals surface area contributed by atoms with E-state index in [1.807, 2.05) is 0 Å². The molecule has 0 atom stereocenters. The number of carbonyl (C=O) groups excluding carboxylic acids is 1. The Hall–Kier alpha value is -0.530. The van der Waals surface area contributed by atoms with Gasteiger partial charge < -0.3 is 5.32 Å². The van der Waals surface area contributed by atoms with Crippen LogP contribution in [0.4, 0.5) is 0 Å². The topological polar surface area (TPSA) is 29.1 Å². The second-order valence-corrected chi connectivity index (χ2v) is 5.42. The first-order chi connectivity index (χ1) is 8.34. The molecule has 0 aromatic rings. The summed E-state index contributed by atoms with van der Waals surface area (Å²) in [5.74, 6) is 0.542. The van der Waals surface area contributed by atoms with E-state index < -0.39 is 0 Å². The van der Waals surface area contributed by atoms with E-state index in [-0.39, 0.29) is 11.8 Å². The molecule has 1 aliphatic carbocycles.